The molecule has 2 aromatic rings. The average molecular weight is 307 g/mol. The Kier molecular flexibility index (Phi) is 4.59. The van der Waals surface area contributed by atoms with Crippen molar-refractivity contribution in [2.75, 3.05) is 5.33 Å². The Morgan fingerprint density at radius 2 is 2.22 bits per heavy atom. The van der Waals surface area contributed by atoms with Crippen LogP contribution in [0.5, 0.6) is 0 Å². The largest absolute Gasteiger partial charge is 0.276 e. The van der Waals surface area contributed by atoms with Gasteiger partial charge in [-0.1, -0.05) is 45.8 Å². The lowest BCUT2D eigenvalue weighted by Gasteiger charge is -2.14. The van der Waals surface area contributed by atoms with E-state index in [2.05, 4.69) is 58.4 Å². The molecule has 0 aliphatic rings. The summed E-state index contributed by atoms with van der Waals surface area (Å²) in [6.07, 6.45) is 6.29. The summed E-state index contributed by atoms with van der Waals surface area (Å²) in [5, 5.41) is 5.22. The number of hydrogen-bond acceptors (Lipinski definition) is 1. The van der Waals surface area contributed by atoms with Crippen LogP contribution in [-0.2, 0) is 13.5 Å². The average Bonchev–Trinajstić information content (AvgIpc) is 2.76. The third-order valence-corrected chi connectivity index (χ3v) is 4.02. The summed E-state index contributed by atoms with van der Waals surface area (Å²) in [6.45, 7) is 2.15. The molecule has 0 bridgehead atoms. The lowest BCUT2D eigenvalue weighted by atomic mass is 9.94. The molecule has 0 spiro atoms. The van der Waals surface area contributed by atoms with E-state index >= 15 is 0 Å². The van der Waals surface area contributed by atoms with Crippen LogP contribution in [0.25, 0.3) is 0 Å². The molecule has 1 unspecified atom stereocenters. The predicted octanol–water partition coefficient (Wildman–Crippen LogP) is 3.84. The van der Waals surface area contributed by atoms with E-state index < -0.39 is 0 Å². The number of aromatic nitrogens is 2. The molecule has 0 N–H and O–H groups in total. The molecule has 1 heterocycles. The van der Waals surface area contributed by atoms with Crippen LogP contribution >= 0.6 is 15.9 Å². The fourth-order valence-electron chi connectivity index (χ4n) is 2.20. The van der Waals surface area contributed by atoms with Crippen molar-refractivity contribution in [2.45, 2.75) is 25.7 Å². The fourth-order valence-corrected chi connectivity index (χ4v) is 2.90. The Morgan fingerprint density at radius 3 is 2.83 bits per heavy atom. The zero-order valence-electron chi connectivity index (χ0n) is 10.9. The summed E-state index contributed by atoms with van der Waals surface area (Å²) in [5.74, 6) is 0.574. The van der Waals surface area contributed by atoms with Crippen LogP contribution in [-0.4, -0.2) is 15.1 Å². The van der Waals surface area contributed by atoms with Crippen molar-refractivity contribution >= 4 is 15.9 Å². The molecule has 0 amide bonds. The highest BCUT2D eigenvalue weighted by molar-refractivity contribution is 9.09. The lowest BCUT2D eigenvalue weighted by molar-refractivity contribution is 0.690. The minimum Gasteiger partial charge on any atom is -0.276 e. The molecule has 2 nitrogen and oxygen atoms in total. The molecule has 2 rings (SSSR count). The molecule has 0 radical (unpaired) electrons. The standard InChI is InChI=1S/C15H19BrN2/c1-12-4-3-5-14(8-12)15(9-16)7-6-13-10-17-18(2)11-13/h3-5,8,10-11,15H,6-7,9H2,1-2H3. The van der Waals surface area contributed by atoms with Gasteiger partial charge in [0.2, 0.25) is 0 Å². The number of rotatable bonds is 5. The summed E-state index contributed by atoms with van der Waals surface area (Å²) in [5.41, 5.74) is 4.08. The molecule has 0 fully saturated rings. The lowest BCUT2D eigenvalue weighted by Crippen LogP contribution is -2.02. The van der Waals surface area contributed by atoms with Gasteiger partial charge in [0.1, 0.15) is 0 Å². The zero-order valence-corrected chi connectivity index (χ0v) is 12.5. The third kappa shape index (κ3) is 3.45. The van der Waals surface area contributed by atoms with E-state index in [1.165, 1.54) is 16.7 Å². The molecular formula is C15H19BrN2. The van der Waals surface area contributed by atoms with Crippen molar-refractivity contribution in [3.63, 3.8) is 0 Å². The van der Waals surface area contributed by atoms with E-state index in [-0.39, 0.29) is 0 Å². The maximum Gasteiger partial charge on any atom is 0.0521 e. The SMILES string of the molecule is Cc1cccc(C(CBr)CCc2cnn(C)c2)c1. The summed E-state index contributed by atoms with van der Waals surface area (Å²) in [6, 6.07) is 8.80. The minimum atomic E-state index is 0.574. The highest BCUT2D eigenvalue weighted by Gasteiger charge is 2.10. The zero-order chi connectivity index (χ0) is 13.0. The minimum absolute atomic E-state index is 0.574. The number of alkyl halides is 1. The Labute approximate surface area is 117 Å². The van der Waals surface area contributed by atoms with Gasteiger partial charge in [0.25, 0.3) is 0 Å². The Balaban J connectivity index is 2.01. The predicted molar refractivity (Wildman–Crippen MR) is 79.2 cm³/mol. The topological polar surface area (TPSA) is 17.8 Å². The van der Waals surface area contributed by atoms with Crippen LogP contribution in [0.3, 0.4) is 0 Å². The summed E-state index contributed by atoms with van der Waals surface area (Å²) in [7, 11) is 1.96. The second-order valence-electron chi connectivity index (χ2n) is 4.83. The second-order valence-corrected chi connectivity index (χ2v) is 5.47. The van der Waals surface area contributed by atoms with Crippen molar-refractivity contribution in [1.29, 1.82) is 0 Å². The highest BCUT2D eigenvalue weighted by atomic mass is 79.9. The van der Waals surface area contributed by atoms with Crippen molar-refractivity contribution < 1.29 is 0 Å². The third-order valence-electron chi connectivity index (χ3n) is 3.24. The molecule has 96 valence electrons. The van der Waals surface area contributed by atoms with Crippen LogP contribution in [0.2, 0.25) is 0 Å². The fraction of sp³-hybridized carbons (Fsp3) is 0.400. The molecule has 1 aromatic carbocycles. The van der Waals surface area contributed by atoms with E-state index in [0.717, 1.165) is 18.2 Å². The smallest absolute Gasteiger partial charge is 0.0521 e. The molecular weight excluding hydrogens is 288 g/mol. The van der Waals surface area contributed by atoms with E-state index in [1.807, 2.05) is 17.9 Å². The normalized spacial score (nSPS) is 12.6. The first-order valence-electron chi connectivity index (χ1n) is 6.29. The first-order chi connectivity index (χ1) is 8.69. The van der Waals surface area contributed by atoms with Gasteiger partial charge in [0.05, 0.1) is 6.20 Å². The summed E-state index contributed by atoms with van der Waals surface area (Å²) >= 11 is 3.64. The van der Waals surface area contributed by atoms with E-state index in [0.29, 0.717) is 5.92 Å². The maximum atomic E-state index is 4.21. The maximum absolute atomic E-state index is 4.21. The van der Waals surface area contributed by atoms with Crippen LogP contribution in [0.4, 0.5) is 0 Å². The summed E-state index contributed by atoms with van der Waals surface area (Å²) < 4.78 is 1.87. The molecule has 0 aliphatic heterocycles. The van der Waals surface area contributed by atoms with E-state index in [1.54, 1.807) is 0 Å². The van der Waals surface area contributed by atoms with Gasteiger partial charge in [0, 0.05) is 18.6 Å². The van der Waals surface area contributed by atoms with Gasteiger partial charge in [0.15, 0.2) is 0 Å². The van der Waals surface area contributed by atoms with Gasteiger partial charge < -0.3 is 0 Å². The molecule has 18 heavy (non-hydrogen) atoms. The Bertz CT molecular complexity index is 505. The molecule has 1 aromatic heterocycles. The summed E-state index contributed by atoms with van der Waals surface area (Å²) in [4.78, 5) is 0. The van der Waals surface area contributed by atoms with E-state index in [4.69, 9.17) is 0 Å². The van der Waals surface area contributed by atoms with Crippen molar-refractivity contribution in [3.05, 3.63) is 53.3 Å². The molecule has 3 heteroatoms. The first kappa shape index (κ1) is 13.3. The number of hydrogen-bond donors (Lipinski definition) is 0. The van der Waals surface area contributed by atoms with Gasteiger partial charge in [-0.3, -0.25) is 4.68 Å². The first-order valence-corrected chi connectivity index (χ1v) is 7.41. The van der Waals surface area contributed by atoms with Gasteiger partial charge in [-0.05, 0) is 36.8 Å². The number of benzene rings is 1. The van der Waals surface area contributed by atoms with Crippen molar-refractivity contribution in [1.82, 2.24) is 9.78 Å². The molecule has 0 saturated heterocycles. The quantitative estimate of drug-likeness (QED) is 0.767. The molecule has 0 aliphatic carbocycles. The monoisotopic (exact) mass is 306 g/mol. The number of nitrogens with zero attached hydrogens (tertiary/aromatic N) is 2. The molecule has 1 atom stereocenters. The Morgan fingerprint density at radius 1 is 1.39 bits per heavy atom. The van der Waals surface area contributed by atoms with Gasteiger partial charge in [-0.25, -0.2) is 0 Å². The van der Waals surface area contributed by atoms with Crippen LogP contribution < -0.4 is 0 Å². The van der Waals surface area contributed by atoms with Gasteiger partial charge in [-0.15, -0.1) is 0 Å². The van der Waals surface area contributed by atoms with Crippen molar-refractivity contribution in [3.8, 4) is 0 Å². The van der Waals surface area contributed by atoms with E-state index in [9.17, 15) is 0 Å². The van der Waals surface area contributed by atoms with Crippen LogP contribution in [0, 0.1) is 6.92 Å². The molecule has 0 saturated carbocycles. The van der Waals surface area contributed by atoms with Crippen molar-refractivity contribution in [2.24, 2.45) is 7.05 Å². The number of aryl methyl sites for hydroxylation is 3. The van der Waals surface area contributed by atoms with Gasteiger partial charge >= 0.3 is 0 Å². The highest BCUT2D eigenvalue weighted by Crippen LogP contribution is 2.24. The second kappa shape index (κ2) is 6.19. The van der Waals surface area contributed by atoms with Gasteiger partial charge in [-0.2, -0.15) is 5.10 Å². The number of halogens is 1. The van der Waals surface area contributed by atoms with Crippen LogP contribution in [0.15, 0.2) is 36.7 Å². The van der Waals surface area contributed by atoms with Crippen LogP contribution in [0.1, 0.15) is 29.0 Å². The Hall–Kier alpha value is -1.09.